The Kier molecular flexibility index (Phi) is 5.29. The molecule has 0 atom stereocenters. The average molecular weight is 422 g/mol. The lowest BCUT2D eigenvalue weighted by atomic mass is 10.1. The number of carbonyl (C=O) groups is 1. The van der Waals surface area contributed by atoms with E-state index < -0.39 is 0 Å². The molecule has 0 aliphatic heterocycles. The van der Waals surface area contributed by atoms with Crippen LogP contribution in [0.4, 0.5) is 5.69 Å². The summed E-state index contributed by atoms with van der Waals surface area (Å²) in [7, 11) is 0. The maximum Gasteiger partial charge on any atom is 0.257 e. The Morgan fingerprint density at radius 2 is 1.86 bits per heavy atom. The minimum Gasteiger partial charge on any atom is -0.436 e. The maximum atomic E-state index is 12.3. The van der Waals surface area contributed by atoms with Gasteiger partial charge in [0.25, 0.3) is 5.91 Å². The van der Waals surface area contributed by atoms with Crippen LogP contribution in [-0.2, 0) is 0 Å². The highest BCUT2D eigenvalue weighted by Gasteiger charge is 2.11. The number of nitrogens with zero attached hydrogens (tertiary/aromatic N) is 1. The molecule has 0 spiro atoms. The molecular weight excluding hydrogens is 406 g/mol. The molecule has 0 saturated carbocycles. The summed E-state index contributed by atoms with van der Waals surface area (Å²) in [5.41, 5.74) is 4.45. The first kappa shape index (κ1) is 19.1. The van der Waals surface area contributed by atoms with E-state index in [9.17, 15) is 4.79 Å². The second-order valence-corrected chi connectivity index (χ2v) is 7.33. The zero-order valence-corrected chi connectivity index (χ0v) is 17.0. The number of halogens is 1. The van der Waals surface area contributed by atoms with E-state index in [2.05, 4.69) is 15.6 Å². The fourth-order valence-electron chi connectivity index (χ4n) is 2.80. The van der Waals surface area contributed by atoms with Crippen LogP contribution in [-0.4, -0.2) is 16.0 Å². The Morgan fingerprint density at radius 3 is 2.66 bits per heavy atom. The maximum absolute atomic E-state index is 12.3. The zero-order chi connectivity index (χ0) is 20.4. The topological polar surface area (TPSA) is 67.2 Å². The molecule has 5 nitrogen and oxygen atoms in total. The third kappa shape index (κ3) is 4.45. The molecule has 4 aromatic rings. The van der Waals surface area contributed by atoms with Crippen molar-refractivity contribution in [3.63, 3.8) is 0 Å². The van der Waals surface area contributed by atoms with E-state index in [1.165, 1.54) is 0 Å². The minimum absolute atomic E-state index is 0.206. The molecule has 2 N–H and O–H groups in total. The molecule has 4 rings (SSSR count). The molecule has 29 heavy (non-hydrogen) atoms. The Morgan fingerprint density at radius 1 is 1.07 bits per heavy atom. The van der Waals surface area contributed by atoms with Gasteiger partial charge in [-0.3, -0.25) is 10.1 Å². The number of hydrogen-bond acceptors (Lipinski definition) is 4. The highest BCUT2D eigenvalue weighted by atomic mass is 35.5. The number of hydrogen-bond donors (Lipinski definition) is 2. The van der Waals surface area contributed by atoms with Crippen LogP contribution in [0.1, 0.15) is 15.9 Å². The summed E-state index contributed by atoms with van der Waals surface area (Å²) in [5.74, 6) is 0.204. The lowest BCUT2D eigenvalue weighted by Crippen LogP contribution is -2.34. The predicted octanol–water partition coefficient (Wildman–Crippen LogP) is 5.58. The first-order valence-electron chi connectivity index (χ1n) is 8.83. The van der Waals surface area contributed by atoms with Crippen molar-refractivity contribution in [2.45, 2.75) is 6.92 Å². The molecule has 0 radical (unpaired) electrons. The first-order chi connectivity index (χ1) is 14.0. The van der Waals surface area contributed by atoms with Crippen molar-refractivity contribution < 1.29 is 9.21 Å². The van der Waals surface area contributed by atoms with E-state index in [1.54, 1.807) is 30.3 Å². The molecule has 0 aliphatic rings. The lowest BCUT2D eigenvalue weighted by Gasteiger charge is -2.10. The van der Waals surface area contributed by atoms with Crippen molar-refractivity contribution in [2.75, 3.05) is 5.32 Å². The van der Waals surface area contributed by atoms with Gasteiger partial charge in [0.1, 0.15) is 5.52 Å². The number of rotatable bonds is 3. The van der Waals surface area contributed by atoms with Gasteiger partial charge in [-0.05, 0) is 67.7 Å². The Hall–Kier alpha value is -3.22. The SMILES string of the molecule is Cc1ccc(C(=O)NC(=S)Nc2cccc(-c3nc4cc(Cl)ccc4o3)c2)cc1. The highest BCUT2D eigenvalue weighted by molar-refractivity contribution is 7.80. The summed E-state index contributed by atoms with van der Waals surface area (Å²) >= 11 is 11.3. The number of anilines is 1. The van der Waals surface area contributed by atoms with Gasteiger partial charge in [-0.15, -0.1) is 0 Å². The standard InChI is InChI=1S/C22H16ClN3O2S/c1-13-5-7-14(8-6-13)20(27)26-22(29)24-17-4-2-3-15(11-17)21-25-18-12-16(23)9-10-19(18)28-21/h2-12H,1H3,(H2,24,26,27,29). The van der Waals surface area contributed by atoms with Gasteiger partial charge in [0.2, 0.25) is 5.89 Å². The Bertz CT molecular complexity index is 1220. The summed E-state index contributed by atoms with van der Waals surface area (Å²) in [6, 6.07) is 20.0. The molecule has 1 aromatic heterocycles. The van der Waals surface area contributed by atoms with Crippen LogP contribution in [0.3, 0.4) is 0 Å². The van der Waals surface area contributed by atoms with Crippen LogP contribution in [0.2, 0.25) is 5.02 Å². The fourth-order valence-corrected chi connectivity index (χ4v) is 3.17. The largest absolute Gasteiger partial charge is 0.436 e. The van der Waals surface area contributed by atoms with E-state index in [0.29, 0.717) is 33.3 Å². The van der Waals surface area contributed by atoms with Gasteiger partial charge in [0.05, 0.1) is 0 Å². The van der Waals surface area contributed by atoms with Crippen LogP contribution < -0.4 is 10.6 Å². The smallest absolute Gasteiger partial charge is 0.257 e. The first-order valence-corrected chi connectivity index (χ1v) is 9.62. The summed E-state index contributed by atoms with van der Waals surface area (Å²) in [6.45, 7) is 1.96. The molecule has 0 fully saturated rings. The molecule has 3 aromatic carbocycles. The highest BCUT2D eigenvalue weighted by Crippen LogP contribution is 2.27. The number of aryl methyl sites for hydroxylation is 1. The summed E-state index contributed by atoms with van der Waals surface area (Å²) in [5, 5.41) is 6.50. The number of benzene rings is 3. The zero-order valence-electron chi connectivity index (χ0n) is 15.4. The quantitative estimate of drug-likeness (QED) is 0.422. The fraction of sp³-hybridized carbons (Fsp3) is 0.0455. The van der Waals surface area contributed by atoms with E-state index in [0.717, 1.165) is 11.1 Å². The third-order valence-corrected chi connectivity index (χ3v) is 4.70. The molecule has 0 bridgehead atoms. The van der Waals surface area contributed by atoms with Gasteiger partial charge in [-0.1, -0.05) is 35.4 Å². The van der Waals surface area contributed by atoms with Gasteiger partial charge in [-0.2, -0.15) is 0 Å². The number of aromatic nitrogens is 1. The van der Waals surface area contributed by atoms with Crippen molar-refractivity contribution in [1.82, 2.24) is 10.3 Å². The number of carbonyl (C=O) groups excluding carboxylic acids is 1. The molecule has 7 heteroatoms. The molecule has 1 heterocycles. The number of nitrogens with one attached hydrogen (secondary N) is 2. The molecule has 144 valence electrons. The van der Waals surface area contributed by atoms with Crippen LogP contribution in [0, 0.1) is 6.92 Å². The predicted molar refractivity (Wildman–Crippen MR) is 119 cm³/mol. The van der Waals surface area contributed by atoms with Crippen LogP contribution in [0.5, 0.6) is 0 Å². The number of amides is 1. The molecule has 0 saturated heterocycles. The Balaban J connectivity index is 1.48. The molecule has 0 unspecified atom stereocenters. The van der Waals surface area contributed by atoms with Crippen molar-refractivity contribution in [3.8, 4) is 11.5 Å². The Labute approximate surface area is 177 Å². The lowest BCUT2D eigenvalue weighted by molar-refractivity contribution is 0.0977. The van der Waals surface area contributed by atoms with Gasteiger partial charge in [0, 0.05) is 21.8 Å². The molecule has 0 aliphatic carbocycles. The van der Waals surface area contributed by atoms with Gasteiger partial charge < -0.3 is 9.73 Å². The van der Waals surface area contributed by atoms with E-state index in [1.807, 2.05) is 43.3 Å². The van der Waals surface area contributed by atoms with Crippen molar-refractivity contribution in [3.05, 3.63) is 82.9 Å². The van der Waals surface area contributed by atoms with E-state index in [4.69, 9.17) is 28.2 Å². The number of fused-ring (bicyclic) bond motifs is 1. The van der Waals surface area contributed by atoms with Crippen molar-refractivity contribution >= 4 is 51.6 Å². The molecule has 1 amide bonds. The third-order valence-electron chi connectivity index (χ3n) is 4.26. The summed E-state index contributed by atoms with van der Waals surface area (Å²) in [6.07, 6.45) is 0. The monoisotopic (exact) mass is 421 g/mol. The van der Waals surface area contributed by atoms with Crippen molar-refractivity contribution in [1.29, 1.82) is 0 Å². The second-order valence-electron chi connectivity index (χ2n) is 6.49. The normalized spacial score (nSPS) is 10.7. The van der Waals surface area contributed by atoms with Crippen molar-refractivity contribution in [2.24, 2.45) is 0 Å². The van der Waals surface area contributed by atoms with Gasteiger partial charge in [0.15, 0.2) is 10.7 Å². The average Bonchev–Trinajstić information content (AvgIpc) is 3.12. The van der Waals surface area contributed by atoms with Gasteiger partial charge in [-0.25, -0.2) is 4.98 Å². The van der Waals surface area contributed by atoms with Gasteiger partial charge >= 0.3 is 0 Å². The number of thiocarbonyl (C=S) groups is 1. The number of oxazole rings is 1. The van der Waals surface area contributed by atoms with Crippen LogP contribution in [0.15, 0.2) is 71.1 Å². The van der Waals surface area contributed by atoms with E-state index in [-0.39, 0.29) is 11.0 Å². The van der Waals surface area contributed by atoms with E-state index >= 15 is 0 Å². The second kappa shape index (κ2) is 8.03. The summed E-state index contributed by atoms with van der Waals surface area (Å²) < 4.78 is 5.80. The summed E-state index contributed by atoms with van der Waals surface area (Å²) in [4.78, 5) is 16.8. The van der Waals surface area contributed by atoms with Crippen LogP contribution >= 0.6 is 23.8 Å². The minimum atomic E-state index is -0.269. The van der Waals surface area contributed by atoms with Crippen LogP contribution in [0.25, 0.3) is 22.6 Å². The molecular formula is C22H16ClN3O2S.